The molecule has 0 saturated heterocycles. The first-order chi connectivity index (χ1) is 57.7. The van der Waals surface area contributed by atoms with Crippen molar-refractivity contribution in [3.63, 3.8) is 0 Å². The normalized spacial score (nSPS) is 12.4. The molecule has 120 heavy (non-hydrogen) atoms. The van der Waals surface area contributed by atoms with E-state index in [2.05, 4.69) is 15.0 Å². The molecular weight excluding hydrogens is 1540 g/mol. The molecule has 0 radical (unpaired) electrons. The standard InChI is InChI=1S/2C12H9NO.4C12H10O3.C7H6N2O.2C7H7NO3/c13-8-12(14)11-7-3-5-9-4-1-2-6-10(9)11;13-8-12(14)11-6-5-9-3-1-2-4-10(9)7-11;2*13-11(12(14)15)10-7-3-5-8-4-1-2-6-9(8)10;2*13-11(12(14)15)10-6-5-8-3-1-2-4-9(8)7-10;8-4-7(10)6-2-1-3-9-5-6;2*9-6(7(10)11)5-2-1-3-8-4-5/h2*1-7,12,14H;4*1-7,11,13H,(H,14,15);1-3,5,7,10H;2*1-4,6,9H,(H,10,11)/t;;4*11-;;2*6-/m..1010.10/s1. The van der Waals surface area contributed by atoms with Crippen molar-refractivity contribution in [2.24, 2.45) is 0 Å². The van der Waals surface area contributed by atoms with Gasteiger partial charge in [-0.2, -0.15) is 15.8 Å². The Morgan fingerprint density at radius 3 is 0.767 bits per heavy atom. The van der Waals surface area contributed by atoms with E-state index in [-0.39, 0.29) is 0 Å². The Hall–Kier alpha value is -15.4. The molecule has 0 spiro atoms. The molecule has 0 amide bonds. The highest BCUT2D eigenvalue weighted by atomic mass is 16.4. The highest BCUT2D eigenvalue weighted by Crippen LogP contribution is 2.29. The largest absolute Gasteiger partial charge is 0.479 e. The quantitative estimate of drug-likeness (QED) is 0.0424. The molecule has 9 atom stereocenters. The highest BCUT2D eigenvalue weighted by molar-refractivity contribution is 5.92. The predicted octanol–water partition coefficient (Wildman–Crippen LogP) is 13.7. The number of aromatic nitrogens is 3. The van der Waals surface area contributed by atoms with Crippen LogP contribution < -0.4 is 0 Å². The lowest BCUT2D eigenvalue weighted by Gasteiger charge is -2.09. The Bertz CT molecular complexity index is 5790. The number of aliphatic hydroxyl groups is 9. The first-order valence-electron chi connectivity index (χ1n) is 35.9. The summed E-state index contributed by atoms with van der Waals surface area (Å²) in [5.41, 5.74) is 4.10. The Morgan fingerprint density at radius 1 is 0.225 bits per heavy atom. The molecule has 0 aliphatic rings. The minimum atomic E-state index is -1.47. The third kappa shape index (κ3) is 27.1. The molecule has 12 aromatic carbocycles. The van der Waals surface area contributed by atoms with Crippen molar-refractivity contribution >= 4 is 100 Å². The van der Waals surface area contributed by atoms with Crippen LogP contribution >= 0.6 is 0 Å². The molecule has 3 heterocycles. The van der Waals surface area contributed by atoms with E-state index in [9.17, 15) is 59.4 Å². The Balaban J connectivity index is 0.000000187. The smallest absolute Gasteiger partial charge is 0.337 e. The van der Waals surface area contributed by atoms with Crippen molar-refractivity contribution in [3.05, 3.63) is 378 Å². The maximum Gasteiger partial charge on any atom is 0.337 e. The number of aliphatic carboxylic acids is 6. The lowest BCUT2D eigenvalue weighted by Crippen LogP contribution is -2.10. The number of carboxylic acids is 6. The molecule has 0 saturated carbocycles. The summed E-state index contributed by atoms with van der Waals surface area (Å²) in [5, 5.41) is 172. The number of aliphatic hydroxyl groups excluding tert-OH is 9. The third-order valence-corrected chi connectivity index (χ3v) is 17.4. The van der Waals surface area contributed by atoms with E-state index < -0.39 is 90.8 Å². The number of carbonyl (C=O) groups is 6. The van der Waals surface area contributed by atoms with E-state index in [0.717, 1.165) is 64.6 Å². The van der Waals surface area contributed by atoms with Crippen LogP contribution in [0.3, 0.4) is 0 Å². The van der Waals surface area contributed by atoms with E-state index in [4.69, 9.17) is 61.7 Å². The SMILES string of the molecule is N#CC(O)c1ccc2ccccc2c1.N#CC(O)c1cccc2ccccc12.N#CC(O)c1cccnc1.O=C(O)[C@@H](O)c1ccc2ccccc2c1.O=C(O)[C@@H](O)c1cccc2ccccc12.O=C(O)[C@@H](O)c1cccnc1.O=C(O)[C@H](O)c1ccc2ccccc2c1.O=C(O)[C@H](O)c1cccc2ccccc12.O=C(O)[C@H](O)c1cccnc1. The lowest BCUT2D eigenvalue weighted by molar-refractivity contribution is -0.147. The monoisotopic (exact) mass is 1610 g/mol. The first-order valence-corrected chi connectivity index (χ1v) is 35.9. The number of rotatable bonds is 15. The second-order valence-corrected chi connectivity index (χ2v) is 25.4. The zero-order valence-corrected chi connectivity index (χ0v) is 63.2. The number of fused-ring (bicyclic) bond motifs is 6. The lowest BCUT2D eigenvalue weighted by atomic mass is 10.0. The minimum Gasteiger partial charge on any atom is -0.479 e. The van der Waals surface area contributed by atoms with Crippen molar-refractivity contribution in [2.75, 3.05) is 0 Å². The van der Waals surface area contributed by atoms with Crippen LogP contribution in [0.5, 0.6) is 0 Å². The zero-order chi connectivity index (χ0) is 87.2. The molecular formula is C93H78N6O21. The molecule has 27 heteroatoms. The second kappa shape index (κ2) is 46.8. The molecule has 0 aliphatic carbocycles. The number of pyridine rings is 3. The predicted molar refractivity (Wildman–Crippen MR) is 444 cm³/mol. The van der Waals surface area contributed by atoms with Crippen LogP contribution in [-0.2, 0) is 28.8 Å². The molecule has 0 aliphatic heterocycles. The number of hydrogen-bond donors (Lipinski definition) is 15. The fraction of sp³-hybridized carbons (Fsp3) is 0.0968. The van der Waals surface area contributed by atoms with Gasteiger partial charge in [0.1, 0.15) is 0 Å². The molecule has 0 fully saturated rings. The Morgan fingerprint density at radius 2 is 0.467 bits per heavy atom. The van der Waals surface area contributed by atoms with Gasteiger partial charge in [0.2, 0.25) is 0 Å². The summed E-state index contributed by atoms with van der Waals surface area (Å²) in [7, 11) is 0. The second-order valence-electron chi connectivity index (χ2n) is 25.4. The zero-order valence-electron chi connectivity index (χ0n) is 63.2. The van der Waals surface area contributed by atoms with Crippen LogP contribution in [0.25, 0.3) is 64.6 Å². The van der Waals surface area contributed by atoms with Gasteiger partial charge in [-0.25, -0.2) is 28.8 Å². The summed E-state index contributed by atoms with van der Waals surface area (Å²) in [4.78, 5) is 74.1. The maximum atomic E-state index is 10.7. The molecule has 3 unspecified atom stereocenters. The van der Waals surface area contributed by atoms with Crippen molar-refractivity contribution in [3.8, 4) is 18.2 Å². The Labute approximate surface area is 684 Å². The summed E-state index contributed by atoms with van der Waals surface area (Å²) in [5.74, 6) is -7.45. The summed E-state index contributed by atoms with van der Waals surface area (Å²) in [6, 6.07) is 92.2. The van der Waals surface area contributed by atoms with E-state index in [0.29, 0.717) is 50.1 Å². The average molecular weight is 1620 g/mol. The number of benzene rings is 12. The van der Waals surface area contributed by atoms with Gasteiger partial charge in [0.05, 0.1) is 18.2 Å². The van der Waals surface area contributed by atoms with Crippen LogP contribution in [0.1, 0.15) is 105 Å². The first kappa shape index (κ1) is 91.8. The van der Waals surface area contributed by atoms with E-state index >= 15 is 0 Å². The summed E-state index contributed by atoms with van der Waals surface area (Å²) < 4.78 is 0. The number of nitrogens with zero attached hydrogens (tertiary/aromatic N) is 6. The van der Waals surface area contributed by atoms with E-state index in [1.54, 1.807) is 128 Å². The van der Waals surface area contributed by atoms with Crippen molar-refractivity contribution in [2.45, 2.75) is 54.9 Å². The summed E-state index contributed by atoms with van der Waals surface area (Å²) in [6.45, 7) is 0. The summed E-state index contributed by atoms with van der Waals surface area (Å²) >= 11 is 0. The van der Waals surface area contributed by atoms with E-state index in [1.165, 1.54) is 43.1 Å². The van der Waals surface area contributed by atoms with Crippen LogP contribution in [0.15, 0.2) is 328 Å². The van der Waals surface area contributed by atoms with E-state index in [1.807, 2.05) is 176 Å². The van der Waals surface area contributed by atoms with Crippen LogP contribution in [0.2, 0.25) is 0 Å². The minimum absolute atomic E-state index is 0.292. The van der Waals surface area contributed by atoms with Gasteiger partial charge in [-0.15, -0.1) is 0 Å². The van der Waals surface area contributed by atoms with Crippen molar-refractivity contribution in [1.82, 2.24) is 15.0 Å². The number of hydrogen-bond acceptors (Lipinski definition) is 21. The molecule has 27 nitrogen and oxygen atoms in total. The highest BCUT2D eigenvalue weighted by Gasteiger charge is 2.22. The average Bonchev–Trinajstić information content (AvgIpc) is 0.818. The summed E-state index contributed by atoms with van der Waals surface area (Å²) in [6.07, 6.45) is -3.16. The fourth-order valence-corrected chi connectivity index (χ4v) is 11.3. The Kier molecular flexibility index (Phi) is 35.8. The topological polar surface area (TPSA) is 516 Å². The van der Waals surface area contributed by atoms with Gasteiger partial charge >= 0.3 is 35.8 Å². The van der Waals surface area contributed by atoms with Crippen LogP contribution in [0, 0.1) is 34.0 Å². The number of carboxylic acid groups (broad SMARTS) is 6. The van der Waals surface area contributed by atoms with Gasteiger partial charge in [0.15, 0.2) is 54.9 Å². The van der Waals surface area contributed by atoms with Gasteiger partial charge in [-0.3, -0.25) is 15.0 Å². The fourth-order valence-electron chi connectivity index (χ4n) is 11.3. The third-order valence-electron chi connectivity index (χ3n) is 17.4. The molecule has 15 rings (SSSR count). The van der Waals surface area contributed by atoms with Gasteiger partial charge in [-0.1, -0.05) is 255 Å². The van der Waals surface area contributed by atoms with Crippen molar-refractivity contribution in [1.29, 1.82) is 15.8 Å². The van der Waals surface area contributed by atoms with Gasteiger partial charge in [-0.05, 0) is 129 Å². The maximum absolute atomic E-state index is 10.7. The molecule has 15 aromatic rings. The van der Waals surface area contributed by atoms with Crippen LogP contribution in [-0.4, -0.2) is 127 Å². The molecule has 0 bridgehead atoms. The van der Waals surface area contributed by atoms with Gasteiger partial charge in [0, 0.05) is 59.4 Å². The molecule has 15 N–H and O–H groups in total. The molecule has 3 aromatic heterocycles. The van der Waals surface area contributed by atoms with Gasteiger partial charge < -0.3 is 76.6 Å². The molecule has 606 valence electrons. The van der Waals surface area contributed by atoms with Crippen molar-refractivity contribution < 1.29 is 105 Å². The number of nitriles is 3. The van der Waals surface area contributed by atoms with Crippen LogP contribution in [0.4, 0.5) is 0 Å². The van der Waals surface area contributed by atoms with Gasteiger partial charge in [0.25, 0.3) is 0 Å².